The van der Waals surface area contributed by atoms with Gasteiger partial charge in [0, 0.05) is 0 Å². The van der Waals surface area contributed by atoms with Gasteiger partial charge < -0.3 is 0 Å². The Balaban J connectivity index is 3.17. The number of rotatable bonds is 1. The molecule has 1 heterocycles. The molecular weight excluding hydrogens is 248 g/mol. The summed E-state index contributed by atoms with van der Waals surface area (Å²) in [5.41, 5.74) is 0.281. The van der Waals surface area contributed by atoms with Crippen LogP contribution in [0.5, 0.6) is 0 Å². The van der Waals surface area contributed by atoms with Gasteiger partial charge in [0.05, 0.1) is 9.77 Å². The molecule has 0 fully saturated rings. The molecule has 52 valence electrons. The Kier molecular flexibility index (Phi) is 2.21. The lowest BCUT2D eigenvalue weighted by atomic mass is 10.5. The molecule has 0 aliphatic heterocycles. The van der Waals surface area contributed by atoms with Gasteiger partial charge in [-0.2, -0.15) is 10.4 Å². The van der Waals surface area contributed by atoms with Gasteiger partial charge in [0.25, 0.3) is 0 Å². The van der Waals surface area contributed by atoms with Crippen molar-refractivity contribution in [2.75, 3.05) is 0 Å². The molecule has 10 heavy (non-hydrogen) atoms. The Morgan fingerprint density at radius 1 is 1.90 bits per heavy atom. The Morgan fingerprint density at radius 2 is 2.60 bits per heavy atom. The van der Waals surface area contributed by atoms with Gasteiger partial charge in [-0.1, -0.05) is 0 Å². The highest BCUT2D eigenvalue weighted by Gasteiger charge is 2.05. The zero-order valence-electron chi connectivity index (χ0n) is 4.88. The fraction of sp³-hybridized carbons (Fsp3) is 0.200. The molecule has 0 atom stereocenters. The van der Waals surface area contributed by atoms with Crippen molar-refractivity contribution >= 4 is 22.6 Å². The van der Waals surface area contributed by atoms with Crippen molar-refractivity contribution in [3.63, 3.8) is 0 Å². The zero-order valence-corrected chi connectivity index (χ0v) is 7.04. The first-order valence-corrected chi connectivity index (χ1v) is 3.55. The van der Waals surface area contributed by atoms with Gasteiger partial charge in [-0.25, -0.2) is 9.07 Å². The van der Waals surface area contributed by atoms with E-state index in [-0.39, 0.29) is 5.69 Å². The zero-order chi connectivity index (χ0) is 7.56. The van der Waals surface area contributed by atoms with Crippen LogP contribution in [0.25, 0.3) is 0 Å². The predicted molar refractivity (Wildman–Crippen MR) is 40.8 cm³/mol. The quantitative estimate of drug-likeness (QED) is 0.705. The molecule has 0 aliphatic carbocycles. The molecular formula is C5H3FIN3. The third kappa shape index (κ3) is 1.11. The molecule has 5 heteroatoms. The van der Waals surface area contributed by atoms with Gasteiger partial charge in [-0.15, -0.1) is 0 Å². The number of alkyl halides is 1. The molecule has 0 spiro atoms. The summed E-state index contributed by atoms with van der Waals surface area (Å²) in [6.07, 6.45) is 1.46. The molecule has 3 nitrogen and oxygen atoms in total. The molecule has 0 saturated heterocycles. The van der Waals surface area contributed by atoms with E-state index >= 15 is 0 Å². The van der Waals surface area contributed by atoms with Gasteiger partial charge in [0.1, 0.15) is 6.07 Å². The minimum Gasteiger partial charge on any atom is -0.225 e. The van der Waals surface area contributed by atoms with E-state index in [4.69, 9.17) is 5.26 Å². The lowest BCUT2D eigenvalue weighted by molar-refractivity contribution is 0.347. The summed E-state index contributed by atoms with van der Waals surface area (Å²) in [7, 11) is 0. The average molecular weight is 251 g/mol. The molecule has 0 radical (unpaired) electrons. The van der Waals surface area contributed by atoms with Crippen molar-refractivity contribution < 1.29 is 4.39 Å². The van der Waals surface area contributed by atoms with Crippen LogP contribution in [0.2, 0.25) is 0 Å². The molecule has 0 bridgehead atoms. The highest BCUT2D eigenvalue weighted by Crippen LogP contribution is 2.09. The number of nitriles is 1. The van der Waals surface area contributed by atoms with Crippen LogP contribution in [-0.4, -0.2) is 9.78 Å². The third-order valence-corrected chi connectivity index (χ3v) is 1.80. The highest BCUT2D eigenvalue weighted by atomic mass is 127. The Hall–Kier alpha value is -0.640. The van der Waals surface area contributed by atoms with E-state index < -0.39 is 6.80 Å². The van der Waals surface area contributed by atoms with Crippen LogP contribution in [0.3, 0.4) is 0 Å². The normalized spacial score (nSPS) is 9.30. The molecule has 1 rings (SSSR count). The monoisotopic (exact) mass is 251 g/mol. The van der Waals surface area contributed by atoms with Crippen molar-refractivity contribution in [1.82, 2.24) is 9.78 Å². The summed E-state index contributed by atoms with van der Waals surface area (Å²) in [6.45, 7) is -0.744. The average Bonchev–Trinajstić information content (AvgIpc) is 2.30. The smallest absolute Gasteiger partial charge is 0.182 e. The van der Waals surface area contributed by atoms with Gasteiger partial charge in [-0.05, 0) is 22.6 Å². The Bertz CT molecular complexity index is 275. The summed E-state index contributed by atoms with van der Waals surface area (Å²) in [6, 6.07) is 1.85. The van der Waals surface area contributed by atoms with Crippen molar-refractivity contribution in [1.29, 1.82) is 5.26 Å². The van der Waals surface area contributed by atoms with Crippen LogP contribution in [-0.2, 0) is 6.80 Å². The number of aromatic nitrogens is 2. The van der Waals surface area contributed by atoms with Gasteiger partial charge >= 0.3 is 0 Å². The largest absolute Gasteiger partial charge is 0.225 e. The first-order chi connectivity index (χ1) is 4.79. The van der Waals surface area contributed by atoms with E-state index in [1.165, 1.54) is 6.20 Å². The Morgan fingerprint density at radius 3 is 3.00 bits per heavy atom. The fourth-order valence-corrected chi connectivity index (χ4v) is 1.09. The minimum atomic E-state index is -0.744. The molecule has 0 saturated carbocycles. The maximum Gasteiger partial charge on any atom is 0.182 e. The number of halogens is 2. The predicted octanol–water partition coefficient (Wildman–Crippen LogP) is 1.29. The molecule has 1 aromatic rings. The molecule has 0 aliphatic rings. The van der Waals surface area contributed by atoms with Gasteiger partial charge in [0.15, 0.2) is 12.5 Å². The van der Waals surface area contributed by atoms with Crippen LogP contribution >= 0.6 is 22.6 Å². The first kappa shape index (κ1) is 7.47. The highest BCUT2D eigenvalue weighted by molar-refractivity contribution is 14.1. The van der Waals surface area contributed by atoms with E-state index in [1.54, 1.807) is 0 Å². The molecule has 0 amide bonds. The lowest BCUT2D eigenvalue weighted by Crippen LogP contribution is -1.98. The van der Waals surface area contributed by atoms with Crippen LogP contribution in [0.4, 0.5) is 4.39 Å². The summed E-state index contributed by atoms with van der Waals surface area (Å²) in [5, 5.41) is 12.1. The maximum absolute atomic E-state index is 11.9. The standard InChI is InChI=1S/C5H3FIN3/c6-3-10-5(1-8)4(7)2-9-10/h2H,3H2. The van der Waals surface area contributed by atoms with Crippen molar-refractivity contribution in [3.05, 3.63) is 15.5 Å². The van der Waals surface area contributed by atoms with E-state index in [2.05, 4.69) is 5.10 Å². The van der Waals surface area contributed by atoms with Crippen LogP contribution in [0.1, 0.15) is 5.69 Å². The van der Waals surface area contributed by atoms with E-state index in [0.29, 0.717) is 3.57 Å². The van der Waals surface area contributed by atoms with Crippen LogP contribution < -0.4 is 0 Å². The molecule has 0 unspecified atom stereocenters. The Labute approximate surface area is 70.6 Å². The maximum atomic E-state index is 11.9. The second kappa shape index (κ2) is 2.96. The fourth-order valence-electron chi connectivity index (χ4n) is 0.564. The van der Waals surface area contributed by atoms with E-state index in [0.717, 1.165) is 4.68 Å². The lowest BCUT2D eigenvalue weighted by Gasteiger charge is -1.91. The molecule has 0 N–H and O–H groups in total. The topological polar surface area (TPSA) is 41.6 Å². The second-order valence-corrected chi connectivity index (χ2v) is 2.73. The molecule has 1 aromatic heterocycles. The van der Waals surface area contributed by atoms with Gasteiger partial charge in [0.2, 0.25) is 0 Å². The summed E-state index contributed by atoms with van der Waals surface area (Å²) in [4.78, 5) is 0. The van der Waals surface area contributed by atoms with Crippen LogP contribution in [0, 0.1) is 14.9 Å². The first-order valence-electron chi connectivity index (χ1n) is 2.47. The number of hydrogen-bond acceptors (Lipinski definition) is 2. The van der Waals surface area contributed by atoms with Crippen LogP contribution in [0.15, 0.2) is 6.20 Å². The number of nitrogens with zero attached hydrogens (tertiary/aromatic N) is 3. The number of hydrogen-bond donors (Lipinski definition) is 0. The van der Waals surface area contributed by atoms with Crippen molar-refractivity contribution in [2.24, 2.45) is 0 Å². The van der Waals surface area contributed by atoms with E-state index in [9.17, 15) is 4.39 Å². The summed E-state index contributed by atoms with van der Waals surface area (Å²) >= 11 is 1.93. The van der Waals surface area contributed by atoms with Crippen molar-refractivity contribution in [2.45, 2.75) is 6.80 Å². The summed E-state index contributed by atoms with van der Waals surface area (Å²) in [5.74, 6) is 0. The SMILES string of the molecule is N#Cc1c(I)cnn1CF. The minimum absolute atomic E-state index is 0.281. The van der Waals surface area contributed by atoms with Gasteiger partial charge in [-0.3, -0.25) is 0 Å². The second-order valence-electron chi connectivity index (χ2n) is 1.57. The molecule has 0 aromatic carbocycles. The van der Waals surface area contributed by atoms with Crippen molar-refractivity contribution in [3.8, 4) is 6.07 Å². The third-order valence-electron chi connectivity index (χ3n) is 1.01. The summed E-state index contributed by atoms with van der Waals surface area (Å²) < 4.78 is 13.6. The van der Waals surface area contributed by atoms with E-state index in [1.807, 2.05) is 28.7 Å².